The molecule has 176 valence electrons. The summed E-state index contributed by atoms with van der Waals surface area (Å²) < 4.78 is 56.0. The zero-order valence-electron chi connectivity index (χ0n) is 18.4. The number of methoxy groups -OCH3 is 3. The molecule has 1 aromatic heterocycles. The Kier molecular flexibility index (Phi) is 7.47. The van der Waals surface area contributed by atoms with Crippen molar-refractivity contribution in [3.8, 4) is 17.2 Å². The number of thiazole rings is 1. The van der Waals surface area contributed by atoms with Gasteiger partial charge in [-0.05, 0) is 48.7 Å². The van der Waals surface area contributed by atoms with Crippen molar-refractivity contribution >= 4 is 17.2 Å². The van der Waals surface area contributed by atoms with E-state index in [0.29, 0.717) is 40.6 Å². The van der Waals surface area contributed by atoms with E-state index in [4.69, 9.17) is 14.2 Å². The molecule has 0 spiro atoms. The third-order valence-electron chi connectivity index (χ3n) is 4.92. The Morgan fingerprint density at radius 3 is 2.27 bits per heavy atom. The minimum Gasteiger partial charge on any atom is -0.497 e. The maximum Gasteiger partial charge on any atom is 0.435 e. The summed E-state index contributed by atoms with van der Waals surface area (Å²) in [5.41, 5.74) is 0.317. The van der Waals surface area contributed by atoms with E-state index in [0.717, 1.165) is 5.56 Å². The normalized spacial score (nSPS) is 12.2. The van der Waals surface area contributed by atoms with Crippen LogP contribution < -0.4 is 19.5 Å². The van der Waals surface area contributed by atoms with Gasteiger partial charge < -0.3 is 19.5 Å². The molecule has 0 bridgehead atoms. The molecule has 3 aromatic rings. The highest BCUT2D eigenvalue weighted by Gasteiger charge is 2.39. The van der Waals surface area contributed by atoms with Crippen molar-refractivity contribution in [2.45, 2.75) is 25.6 Å². The van der Waals surface area contributed by atoms with Crippen LogP contribution in [0.4, 0.5) is 13.2 Å². The Morgan fingerprint density at radius 2 is 1.70 bits per heavy atom. The molecule has 0 aliphatic rings. The third kappa shape index (κ3) is 5.75. The van der Waals surface area contributed by atoms with Crippen molar-refractivity contribution in [1.82, 2.24) is 10.3 Å². The van der Waals surface area contributed by atoms with Gasteiger partial charge in [-0.2, -0.15) is 13.2 Å². The number of carbonyl (C=O) groups is 1. The van der Waals surface area contributed by atoms with Crippen LogP contribution in [0.2, 0.25) is 0 Å². The molecule has 6 nitrogen and oxygen atoms in total. The largest absolute Gasteiger partial charge is 0.497 e. The highest BCUT2D eigenvalue weighted by atomic mass is 32.1. The average Bonchev–Trinajstić information content (AvgIpc) is 3.21. The summed E-state index contributed by atoms with van der Waals surface area (Å²) >= 11 is 0.707. The van der Waals surface area contributed by atoms with Crippen LogP contribution in [0.25, 0.3) is 0 Å². The number of amides is 1. The summed E-state index contributed by atoms with van der Waals surface area (Å²) in [6.45, 7) is 1.43. The highest BCUT2D eigenvalue weighted by molar-refractivity contribution is 7.13. The molecule has 1 unspecified atom stereocenters. The van der Waals surface area contributed by atoms with Gasteiger partial charge in [0, 0.05) is 0 Å². The molecular weight excluding hydrogens is 457 g/mol. The molecule has 1 N–H and O–H groups in total. The van der Waals surface area contributed by atoms with E-state index in [-0.39, 0.29) is 5.01 Å². The van der Waals surface area contributed by atoms with Gasteiger partial charge in [-0.3, -0.25) is 4.79 Å². The summed E-state index contributed by atoms with van der Waals surface area (Å²) in [5.74, 6) is 0.753. The minimum absolute atomic E-state index is 0.158. The lowest BCUT2D eigenvalue weighted by molar-refractivity contribution is -0.141. The van der Waals surface area contributed by atoms with Crippen LogP contribution in [-0.2, 0) is 12.6 Å². The van der Waals surface area contributed by atoms with E-state index in [1.165, 1.54) is 21.1 Å². The fraction of sp³-hybridized carbons (Fsp3) is 0.304. The number of rotatable bonds is 8. The fourth-order valence-electron chi connectivity index (χ4n) is 3.32. The summed E-state index contributed by atoms with van der Waals surface area (Å²) in [5, 5.41) is 2.90. The molecule has 0 fully saturated rings. The van der Waals surface area contributed by atoms with Crippen molar-refractivity contribution < 1.29 is 32.2 Å². The molecule has 0 radical (unpaired) electrons. The van der Waals surface area contributed by atoms with Crippen molar-refractivity contribution in [2.24, 2.45) is 0 Å². The lowest BCUT2D eigenvalue weighted by Gasteiger charge is -2.21. The number of benzene rings is 2. The number of hydrogen-bond acceptors (Lipinski definition) is 6. The van der Waals surface area contributed by atoms with E-state index in [9.17, 15) is 18.0 Å². The first-order chi connectivity index (χ1) is 15.7. The Labute approximate surface area is 193 Å². The fourth-order valence-corrected chi connectivity index (χ4v) is 4.16. The Balaban J connectivity index is 1.97. The Bertz CT molecular complexity index is 1110. The molecule has 0 aliphatic carbocycles. The second kappa shape index (κ2) is 10.1. The molecule has 2 aromatic carbocycles. The van der Waals surface area contributed by atoms with Gasteiger partial charge in [0.05, 0.1) is 32.4 Å². The molecule has 10 heteroatoms. The van der Waals surface area contributed by atoms with Crippen molar-refractivity contribution in [3.63, 3.8) is 0 Å². The molecule has 1 amide bonds. The van der Waals surface area contributed by atoms with E-state index < -0.39 is 28.7 Å². The standard InChI is InChI=1S/C23H23F3N2O4S/c1-13-27-21(23(24,25)26)20(33-13)22(29)28-17(11-14-5-8-16(30-2)9-6-14)15-7-10-18(31-3)19(12-15)32-4/h5-10,12,17H,11H2,1-4H3,(H,28,29). The molecular formula is C23H23F3N2O4S. The predicted molar refractivity (Wildman–Crippen MR) is 118 cm³/mol. The number of carbonyl (C=O) groups excluding carboxylic acids is 1. The number of halogens is 3. The van der Waals surface area contributed by atoms with E-state index in [1.54, 1.807) is 37.4 Å². The zero-order chi connectivity index (χ0) is 24.2. The summed E-state index contributed by atoms with van der Waals surface area (Å²) in [6, 6.07) is 11.7. The first-order valence-electron chi connectivity index (χ1n) is 9.86. The average molecular weight is 481 g/mol. The van der Waals surface area contributed by atoms with Crippen molar-refractivity contribution in [3.05, 3.63) is 69.2 Å². The molecule has 0 saturated carbocycles. The SMILES string of the molecule is COc1ccc(CC(NC(=O)c2sc(C)nc2C(F)(F)F)c2ccc(OC)c(OC)c2)cc1. The predicted octanol–water partition coefficient (Wildman–Crippen LogP) is 5.21. The molecule has 1 atom stereocenters. The van der Waals surface area contributed by atoms with Gasteiger partial charge in [-0.1, -0.05) is 18.2 Å². The highest BCUT2D eigenvalue weighted by Crippen LogP contribution is 2.35. The number of aryl methyl sites for hydroxylation is 1. The van der Waals surface area contributed by atoms with Gasteiger partial charge in [0.2, 0.25) is 0 Å². The van der Waals surface area contributed by atoms with Gasteiger partial charge in [-0.25, -0.2) is 4.98 Å². The molecule has 3 rings (SSSR count). The maximum atomic E-state index is 13.4. The van der Waals surface area contributed by atoms with Gasteiger partial charge in [-0.15, -0.1) is 11.3 Å². The van der Waals surface area contributed by atoms with Crippen molar-refractivity contribution in [2.75, 3.05) is 21.3 Å². The van der Waals surface area contributed by atoms with Gasteiger partial charge in [0.15, 0.2) is 17.2 Å². The molecule has 1 heterocycles. The van der Waals surface area contributed by atoms with Crippen LogP contribution in [0.5, 0.6) is 17.2 Å². The zero-order valence-corrected chi connectivity index (χ0v) is 19.3. The van der Waals surface area contributed by atoms with Gasteiger partial charge in [0.1, 0.15) is 10.6 Å². The first-order valence-corrected chi connectivity index (χ1v) is 10.7. The van der Waals surface area contributed by atoms with Gasteiger partial charge >= 0.3 is 6.18 Å². The lowest BCUT2D eigenvalue weighted by atomic mass is 9.98. The van der Waals surface area contributed by atoms with Crippen molar-refractivity contribution in [1.29, 1.82) is 0 Å². The Hall–Kier alpha value is -3.27. The van der Waals surface area contributed by atoms with Gasteiger partial charge in [0.25, 0.3) is 5.91 Å². The van der Waals surface area contributed by atoms with Crippen LogP contribution in [0.15, 0.2) is 42.5 Å². The van der Waals surface area contributed by atoms with E-state index >= 15 is 0 Å². The third-order valence-corrected chi connectivity index (χ3v) is 5.89. The number of nitrogens with one attached hydrogen (secondary N) is 1. The first kappa shape index (κ1) is 24.4. The quantitative estimate of drug-likeness (QED) is 0.479. The number of nitrogens with zero attached hydrogens (tertiary/aromatic N) is 1. The minimum atomic E-state index is -4.73. The summed E-state index contributed by atoms with van der Waals surface area (Å²) in [4.78, 5) is 16.0. The topological polar surface area (TPSA) is 69.7 Å². The number of alkyl halides is 3. The summed E-state index contributed by atoms with van der Waals surface area (Å²) in [7, 11) is 4.53. The monoisotopic (exact) mass is 480 g/mol. The second-order valence-electron chi connectivity index (χ2n) is 7.10. The smallest absolute Gasteiger partial charge is 0.435 e. The van der Waals surface area contributed by atoms with Crippen LogP contribution >= 0.6 is 11.3 Å². The Morgan fingerprint density at radius 1 is 1.03 bits per heavy atom. The maximum absolute atomic E-state index is 13.4. The molecule has 0 saturated heterocycles. The van der Waals surface area contributed by atoms with Crippen LogP contribution in [-0.4, -0.2) is 32.2 Å². The van der Waals surface area contributed by atoms with E-state index in [2.05, 4.69) is 10.3 Å². The van der Waals surface area contributed by atoms with Crippen LogP contribution in [0.3, 0.4) is 0 Å². The number of hydrogen-bond donors (Lipinski definition) is 1. The molecule has 33 heavy (non-hydrogen) atoms. The number of aromatic nitrogens is 1. The summed E-state index contributed by atoms with van der Waals surface area (Å²) in [6.07, 6.45) is -4.41. The van der Waals surface area contributed by atoms with Crippen LogP contribution in [0, 0.1) is 6.92 Å². The number of ether oxygens (including phenoxy) is 3. The molecule has 0 aliphatic heterocycles. The van der Waals surface area contributed by atoms with Crippen LogP contribution in [0.1, 0.15) is 37.5 Å². The second-order valence-corrected chi connectivity index (χ2v) is 8.30. The van der Waals surface area contributed by atoms with E-state index in [1.807, 2.05) is 12.1 Å². The lowest BCUT2D eigenvalue weighted by Crippen LogP contribution is -2.31.